The van der Waals surface area contributed by atoms with E-state index in [1.54, 1.807) is 6.20 Å². The van der Waals surface area contributed by atoms with E-state index in [-0.39, 0.29) is 5.92 Å². The molecule has 18 heavy (non-hydrogen) atoms. The number of hydrogen-bond donors (Lipinski definition) is 1. The molecule has 0 aliphatic heterocycles. The van der Waals surface area contributed by atoms with E-state index in [4.69, 9.17) is 0 Å². The molecule has 2 unspecified atom stereocenters. The fourth-order valence-corrected chi connectivity index (χ4v) is 2.16. The Morgan fingerprint density at radius 3 is 2.67 bits per heavy atom. The van der Waals surface area contributed by atoms with E-state index < -0.39 is 6.10 Å². The highest BCUT2D eigenvalue weighted by Crippen LogP contribution is 2.21. The molecule has 0 fully saturated rings. The zero-order chi connectivity index (χ0) is 13.0. The molecule has 0 aliphatic carbocycles. The fraction of sp³-hybridized carbons (Fsp3) is 0.400. The SMILES string of the molecule is CCn1ccnc1CC(O)C(C)c1ccccc1. The maximum atomic E-state index is 10.3. The van der Waals surface area contributed by atoms with Gasteiger partial charge in [0.15, 0.2) is 0 Å². The summed E-state index contributed by atoms with van der Waals surface area (Å²) < 4.78 is 2.07. The van der Waals surface area contributed by atoms with E-state index >= 15 is 0 Å². The molecule has 96 valence electrons. The van der Waals surface area contributed by atoms with Gasteiger partial charge in [0.05, 0.1) is 6.10 Å². The highest BCUT2D eigenvalue weighted by Gasteiger charge is 2.18. The Hall–Kier alpha value is -1.61. The summed E-state index contributed by atoms with van der Waals surface area (Å²) in [6, 6.07) is 10.1. The second kappa shape index (κ2) is 5.83. The third kappa shape index (κ3) is 2.79. The quantitative estimate of drug-likeness (QED) is 0.878. The van der Waals surface area contributed by atoms with Crippen molar-refractivity contribution < 1.29 is 5.11 Å². The van der Waals surface area contributed by atoms with Gasteiger partial charge in [0.2, 0.25) is 0 Å². The minimum Gasteiger partial charge on any atom is -0.392 e. The molecule has 0 bridgehead atoms. The first kappa shape index (κ1) is 12.8. The third-order valence-electron chi connectivity index (χ3n) is 3.44. The highest BCUT2D eigenvalue weighted by atomic mass is 16.3. The second-order valence-electron chi connectivity index (χ2n) is 4.60. The average Bonchev–Trinajstić information content (AvgIpc) is 2.86. The maximum absolute atomic E-state index is 10.3. The number of benzene rings is 1. The van der Waals surface area contributed by atoms with Gasteiger partial charge in [-0.05, 0) is 12.5 Å². The monoisotopic (exact) mass is 244 g/mol. The van der Waals surface area contributed by atoms with Crippen LogP contribution in [-0.2, 0) is 13.0 Å². The summed E-state index contributed by atoms with van der Waals surface area (Å²) in [7, 11) is 0. The van der Waals surface area contributed by atoms with Gasteiger partial charge in [-0.15, -0.1) is 0 Å². The van der Waals surface area contributed by atoms with Crippen LogP contribution in [-0.4, -0.2) is 20.8 Å². The van der Waals surface area contributed by atoms with Crippen molar-refractivity contribution in [2.24, 2.45) is 0 Å². The molecule has 2 aromatic rings. The molecule has 0 saturated carbocycles. The van der Waals surface area contributed by atoms with Crippen molar-refractivity contribution in [3.8, 4) is 0 Å². The Labute approximate surface area is 108 Å². The first-order valence-corrected chi connectivity index (χ1v) is 6.45. The van der Waals surface area contributed by atoms with E-state index in [9.17, 15) is 5.11 Å². The van der Waals surface area contributed by atoms with Crippen molar-refractivity contribution in [3.63, 3.8) is 0 Å². The van der Waals surface area contributed by atoms with Crippen LogP contribution in [0.4, 0.5) is 0 Å². The second-order valence-corrected chi connectivity index (χ2v) is 4.60. The van der Waals surface area contributed by atoms with Crippen molar-refractivity contribution in [1.82, 2.24) is 9.55 Å². The maximum Gasteiger partial charge on any atom is 0.111 e. The van der Waals surface area contributed by atoms with Crippen LogP contribution in [0.2, 0.25) is 0 Å². The predicted octanol–water partition coefficient (Wildman–Crippen LogP) is 2.61. The summed E-state index contributed by atoms with van der Waals surface area (Å²) in [4.78, 5) is 4.31. The summed E-state index contributed by atoms with van der Waals surface area (Å²) >= 11 is 0. The van der Waals surface area contributed by atoms with Gasteiger partial charge in [-0.3, -0.25) is 0 Å². The van der Waals surface area contributed by atoms with E-state index in [0.717, 1.165) is 12.4 Å². The third-order valence-corrected chi connectivity index (χ3v) is 3.44. The Balaban J connectivity index is 2.06. The largest absolute Gasteiger partial charge is 0.392 e. The van der Waals surface area contributed by atoms with Crippen molar-refractivity contribution in [1.29, 1.82) is 0 Å². The van der Waals surface area contributed by atoms with Crippen LogP contribution >= 0.6 is 0 Å². The normalized spacial score (nSPS) is 14.4. The minimum atomic E-state index is -0.403. The zero-order valence-electron chi connectivity index (χ0n) is 11.0. The standard InChI is InChI=1S/C15H20N2O/c1-3-17-10-9-16-15(17)11-14(18)12(2)13-7-5-4-6-8-13/h4-10,12,14,18H,3,11H2,1-2H3. The molecule has 1 aromatic heterocycles. The van der Waals surface area contributed by atoms with Gasteiger partial charge < -0.3 is 9.67 Å². The van der Waals surface area contributed by atoms with Crippen LogP contribution in [0.3, 0.4) is 0 Å². The number of aryl methyl sites for hydroxylation is 1. The Morgan fingerprint density at radius 2 is 2.00 bits per heavy atom. The van der Waals surface area contributed by atoms with E-state index in [1.165, 1.54) is 5.56 Å². The number of nitrogens with zero attached hydrogens (tertiary/aromatic N) is 2. The zero-order valence-corrected chi connectivity index (χ0v) is 11.0. The lowest BCUT2D eigenvalue weighted by Gasteiger charge is -2.19. The number of rotatable bonds is 5. The molecule has 0 aliphatic rings. The summed E-state index contributed by atoms with van der Waals surface area (Å²) in [6.07, 6.45) is 3.94. The number of hydrogen-bond acceptors (Lipinski definition) is 2. The number of aliphatic hydroxyl groups is 1. The summed E-state index contributed by atoms with van der Waals surface area (Å²) in [5.74, 6) is 1.07. The molecule has 0 spiro atoms. The van der Waals surface area contributed by atoms with Crippen LogP contribution in [0.15, 0.2) is 42.7 Å². The van der Waals surface area contributed by atoms with Gasteiger partial charge in [-0.2, -0.15) is 0 Å². The average molecular weight is 244 g/mol. The van der Waals surface area contributed by atoms with Gasteiger partial charge in [-0.25, -0.2) is 4.98 Å². The lowest BCUT2D eigenvalue weighted by Crippen LogP contribution is -2.21. The molecular formula is C15H20N2O. The fourth-order valence-electron chi connectivity index (χ4n) is 2.16. The van der Waals surface area contributed by atoms with Crippen molar-refractivity contribution >= 4 is 0 Å². The van der Waals surface area contributed by atoms with E-state index in [2.05, 4.69) is 35.5 Å². The molecule has 2 atom stereocenters. The molecule has 0 radical (unpaired) electrons. The first-order chi connectivity index (χ1) is 8.72. The number of imidazole rings is 1. The van der Waals surface area contributed by atoms with Gasteiger partial charge in [0.25, 0.3) is 0 Å². The highest BCUT2D eigenvalue weighted by molar-refractivity contribution is 5.20. The lowest BCUT2D eigenvalue weighted by atomic mass is 9.93. The lowest BCUT2D eigenvalue weighted by molar-refractivity contribution is 0.146. The summed E-state index contributed by atoms with van der Waals surface area (Å²) in [6.45, 7) is 5.03. The molecular weight excluding hydrogens is 224 g/mol. The molecule has 1 aromatic carbocycles. The molecule has 2 rings (SSSR count). The molecule has 3 nitrogen and oxygen atoms in total. The van der Waals surface area contributed by atoms with Crippen molar-refractivity contribution in [3.05, 3.63) is 54.1 Å². The number of aromatic nitrogens is 2. The number of aliphatic hydroxyl groups excluding tert-OH is 1. The molecule has 1 heterocycles. The van der Waals surface area contributed by atoms with E-state index in [0.29, 0.717) is 6.42 Å². The van der Waals surface area contributed by atoms with Gasteiger partial charge in [0.1, 0.15) is 5.82 Å². The Bertz CT molecular complexity index is 478. The minimum absolute atomic E-state index is 0.119. The Kier molecular flexibility index (Phi) is 4.15. The summed E-state index contributed by atoms with van der Waals surface area (Å²) in [5, 5.41) is 10.3. The summed E-state index contributed by atoms with van der Waals surface area (Å²) in [5.41, 5.74) is 1.17. The van der Waals surface area contributed by atoms with Gasteiger partial charge in [0, 0.05) is 31.3 Å². The molecule has 0 amide bonds. The van der Waals surface area contributed by atoms with E-state index in [1.807, 2.05) is 24.4 Å². The van der Waals surface area contributed by atoms with Gasteiger partial charge in [-0.1, -0.05) is 37.3 Å². The smallest absolute Gasteiger partial charge is 0.111 e. The Morgan fingerprint density at radius 1 is 1.28 bits per heavy atom. The van der Waals surface area contributed by atoms with Crippen LogP contribution in [0.25, 0.3) is 0 Å². The van der Waals surface area contributed by atoms with Crippen LogP contribution in [0, 0.1) is 0 Å². The van der Waals surface area contributed by atoms with Gasteiger partial charge >= 0.3 is 0 Å². The first-order valence-electron chi connectivity index (χ1n) is 6.45. The van der Waals surface area contributed by atoms with Crippen LogP contribution < -0.4 is 0 Å². The molecule has 3 heteroatoms. The molecule has 0 saturated heterocycles. The molecule has 1 N–H and O–H groups in total. The van der Waals surface area contributed by atoms with Crippen LogP contribution in [0.5, 0.6) is 0 Å². The van der Waals surface area contributed by atoms with Crippen LogP contribution in [0.1, 0.15) is 31.2 Å². The topological polar surface area (TPSA) is 38.0 Å². The predicted molar refractivity (Wildman–Crippen MR) is 72.5 cm³/mol. The van der Waals surface area contributed by atoms with Crippen molar-refractivity contribution in [2.45, 2.75) is 38.8 Å². The van der Waals surface area contributed by atoms with Crippen molar-refractivity contribution in [2.75, 3.05) is 0 Å².